The highest BCUT2D eigenvalue weighted by Gasteiger charge is 2.26. The van der Waals surface area contributed by atoms with Crippen LogP contribution >= 0.6 is 0 Å². The van der Waals surface area contributed by atoms with Gasteiger partial charge in [-0.25, -0.2) is 9.97 Å². The third-order valence-electron chi connectivity index (χ3n) is 3.39. The second kappa shape index (κ2) is 5.52. The van der Waals surface area contributed by atoms with E-state index in [1.807, 2.05) is 7.05 Å². The average molecular weight is 250 g/mol. The van der Waals surface area contributed by atoms with E-state index in [9.17, 15) is 0 Å². The first-order valence-corrected chi connectivity index (χ1v) is 6.57. The molecule has 1 aromatic heterocycles. The van der Waals surface area contributed by atoms with Crippen LogP contribution in [-0.4, -0.2) is 42.3 Å². The van der Waals surface area contributed by atoms with Gasteiger partial charge in [0.25, 0.3) is 0 Å². The molecule has 0 amide bonds. The molecule has 0 radical (unpaired) electrons. The molecule has 100 valence electrons. The number of hydrogen-bond acceptors (Lipinski definition) is 5. The number of anilines is 2. The Morgan fingerprint density at radius 3 is 2.89 bits per heavy atom. The van der Waals surface area contributed by atoms with Crippen LogP contribution in [-0.2, 0) is 11.2 Å². The predicted molar refractivity (Wildman–Crippen MR) is 73.2 cm³/mol. The van der Waals surface area contributed by atoms with Gasteiger partial charge in [-0.05, 0) is 20.3 Å². The van der Waals surface area contributed by atoms with Crippen molar-refractivity contribution in [2.75, 3.05) is 30.4 Å². The minimum Gasteiger partial charge on any atom is -0.375 e. The lowest BCUT2D eigenvalue weighted by Crippen LogP contribution is -2.48. The van der Waals surface area contributed by atoms with Gasteiger partial charge in [0.2, 0.25) is 0 Å². The average Bonchev–Trinajstić information content (AvgIpc) is 2.40. The van der Waals surface area contributed by atoms with Crippen molar-refractivity contribution < 1.29 is 4.74 Å². The largest absolute Gasteiger partial charge is 0.375 e. The number of morpholine rings is 1. The first-order valence-electron chi connectivity index (χ1n) is 6.57. The zero-order valence-electron chi connectivity index (χ0n) is 11.6. The van der Waals surface area contributed by atoms with Crippen LogP contribution in [0.25, 0.3) is 0 Å². The topological polar surface area (TPSA) is 50.3 Å². The van der Waals surface area contributed by atoms with Gasteiger partial charge in [-0.15, -0.1) is 0 Å². The molecule has 2 heterocycles. The van der Waals surface area contributed by atoms with Crippen LogP contribution in [0.3, 0.4) is 0 Å². The van der Waals surface area contributed by atoms with Crippen LogP contribution in [0.5, 0.6) is 0 Å². The maximum Gasteiger partial charge on any atom is 0.137 e. The molecule has 0 spiro atoms. The first kappa shape index (κ1) is 13.1. The summed E-state index contributed by atoms with van der Waals surface area (Å²) in [5.41, 5.74) is 1.18. The summed E-state index contributed by atoms with van der Waals surface area (Å²) in [6.45, 7) is 8.05. The van der Waals surface area contributed by atoms with Gasteiger partial charge in [0.1, 0.15) is 18.0 Å². The molecule has 1 saturated heterocycles. The maximum absolute atomic E-state index is 5.67. The fourth-order valence-corrected chi connectivity index (χ4v) is 2.39. The third kappa shape index (κ3) is 2.41. The number of ether oxygens (including phenoxy) is 1. The predicted octanol–water partition coefficient (Wildman–Crippen LogP) is 1.69. The Balaban J connectivity index is 2.36. The second-order valence-corrected chi connectivity index (χ2v) is 4.77. The Hall–Kier alpha value is -1.36. The van der Waals surface area contributed by atoms with Gasteiger partial charge >= 0.3 is 0 Å². The van der Waals surface area contributed by atoms with Crippen LogP contribution in [0, 0.1) is 0 Å². The SMILES string of the molecule is CCc1c(NC)ncnc1N1CC(C)OCC1C. The van der Waals surface area contributed by atoms with E-state index in [1.165, 1.54) is 5.56 Å². The normalized spacial score (nSPS) is 24.1. The summed E-state index contributed by atoms with van der Waals surface area (Å²) < 4.78 is 5.67. The molecule has 0 saturated carbocycles. The Labute approximate surface area is 109 Å². The Bertz CT molecular complexity index is 410. The smallest absolute Gasteiger partial charge is 0.137 e. The Kier molecular flexibility index (Phi) is 4.01. The van der Waals surface area contributed by atoms with Crippen molar-refractivity contribution in [3.8, 4) is 0 Å². The summed E-state index contributed by atoms with van der Waals surface area (Å²) in [6, 6.07) is 0.353. The molecule has 0 bridgehead atoms. The molecule has 1 aliphatic heterocycles. The van der Waals surface area contributed by atoms with Gasteiger partial charge < -0.3 is 15.0 Å². The van der Waals surface area contributed by atoms with Gasteiger partial charge in [0.05, 0.1) is 18.8 Å². The highest BCUT2D eigenvalue weighted by Crippen LogP contribution is 2.27. The summed E-state index contributed by atoms with van der Waals surface area (Å²) >= 11 is 0. The van der Waals surface area contributed by atoms with Gasteiger partial charge in [0.15, 0.2) is 0 Å². The van der Waals surface area contributed by atoms with Gasteiger partial charge in [0, 0.05) is 19.2 Å². The van der Waals surface area contributed by atoms with Crippen molar-refractivity contribution in [3.05, 3.63) is 11.9 Å². The second-order valence-electron chi connectivity index (χ2n) is 4.77. The van der Waals surface area contributed by atoms with E-state index < -0.39 is 0 Å². The number of nitrogens with zero attached hydrogens (tertiary/aromatic N) is 3. The van der Waals surface area contributed by atoms with E-state index in [2.05, 4.69) is 41.0 Å². The molecule has 18 heavy (non-hydrogen) atoms. The summed E-state index contributed by atoms with van der Waals surface area (Å²) in [7, 11) is 1.90. The molecule has 1 fully saturated rings. The van der Waals surface area contributed by atoms with Crippen LogP contribution in [0.15, 0.2) is 6.33 Å². The minimum absolute atomic E-state index is 0.249. The molecular weight excluding hydrogens is 228 g/mol. The molecule has 0 aromatic carbocycles. The molecule has 1 aliphatic rings. The fraction of sp³-hybridized carbons (Fsp3) is 0.692. The van der Waals surface area contributed by atoms with Crippen molar-refractivity contribution in [2.24, 2.45) is 0 Å². The first-order chi connectivity index (χ1) is 8.67. The lowest BCUT2D eigenvalue weighted by molar-refractivity contribution is 0.0340. The van der Waals surface area contributed by atoms with Crippen molar-refractivity contribution in [1.29, 1.82) is 0 Å². The molecule has 0 aliphatic carbocycles. The molecule has 2 atom stereocenters. The highest BCUT2D eigenvalue weighted by molar-refractivity contribution is 5.59. The van der Waals surface area contributed by atoms with E-state index in [0.717, 1.165) is 31.2 Å². The number of aromatic nitrogens is 2. The van der Waals surface area contributed by atoms with E-state index >= 15 is 0 Å². The van der Waals surface area contributed by atoms with E-state index in [0.29, 0.717) is 6.04 Å². The summed E-state index contributed by atoms with van der Waals surface area (Å²) in [5.74, 6) is 1.97. The zero-order chi connectivity index (χ0) is 13.1. The van der Waals surface area contributed by atoms with Crippen molar-refractivity contribution >= 4 is 11.6 Å². The van der Waals surface area contributed by atoms with Crippen molar-refractivity contribution in [1.82, 2.24) is 9.97 Å². The highest BCUT2D eigenvalue weighted by atomic mass is 16.5. The van der Waals surface area contributed by atoms with Gasteiger partial charge in [-0.3, -0.25) is 0 Å². The zero-order valence-corrected chi connectivity index (χ0v) is 11.6. The van der Waals surface area contributed by atoms with Crippen LogP contribution < -0.4 is 10.2 Å². The van der Waals surface area contributed by atoms with Crippen molar-refractivity contribution in [3.63, 3.8) is 0 Å². The molecule has 1 N–H and O–H groups in total. The Morgan fingerprint density at radius 1 is 1.44 bits per heavy atom. The summed E-state index contributed by atoms with van der Waals surface area (Å²) in [5, 5.41) is 3.14. The van der Waals surface area contributed by atoms with Crippen LogP contribution in [0.1, 0.15) is 26.3 Å². The standard InChI is InChI=1S/C13H22N4O/c1-5-11-12(14-4)15-8-16-13(11)17-6-10(3)18-7-9(17)2/h8-10H,5-7H2,1-4H3,(H,14,15,16). The number of rotatable bonds is 3. The third-order valence-corrected chi connectivity index (χ3v) is 3.39. The van der Waals surface area contributed by atoms with Gasteiger partial charge in [-0.1, -0.05) is 6.92 Å². The molecule has 5 heteroatoms. The molecule has 1 aromatic rings. The molecule has 2 unspecified atom stereocenters. The summed E-state index contributed by atoms with van der Waals surface area (Å²) in [4.78, 5) is 11.1. The summed E-state index contributed by atoms with van der Waals surface area (Å²) in [6.07, 6.45) is 2.80. The van der Waals surface area contributed by atoms with E-state index in [-0.39, 0.29) is 6.10 Å². The minimum atomic E-state index is 0.249. The number of nitrogens with one attached hydrogen (secondary N) is 1. The molecule has 2 rings (SSSR count). The van der Waals surface area contributed by atoms with E-state index in [1.54, 1.807) is 6.33 Å². The lowest BCUT2D eigenvalue weighted by Gasteiger charge is -2.38. The quantitative estimate of drug-likeness (QED) is 0.884. The lowest BCUT2D eigenvalue weighted by atomic mass is 10.1. The van der Waals surface area contributed by atoms with E-state index in [4.69, 9.17) is 4.74 Å². The van der Waals surface area contributed by atoms with Crippen LogP contribution in [0.2, 0.25) is 0 Å². The number of hydrogen-bond donors (Lipinski definition) is 1. The van der Waals surface area contributed by atoms with Crippen molar-refractivity contribution in [2.45, 2.75) is 39.3 Å². The molecular formula is C13H22N4O. The fourth-order valence-electron chi connectivity index (χ4n) is 2.39. The Morgan fingerprint density at radius 2 is 2.22 bits per heavy atom. The van der Waals surface area contributed by atoms with Gasteiger partial charge in [-0.2, -0.15) is 0 Å². The maximum atomic E-state index is 5.67. The monoisotopic (exact) mass is 250 g/mol. The molecule has 5 nitrogen and oxygen atoms in total. The van der Waals surface area contributed by atoms with Crippen LogP contribution in [0.4, 0.5) is 11.6 Å².